The van der Waals surface area contributed by atoms with Crippen molar-refractivity contribution in [2.24, 2.45) is 5.92 Å². The molecule has 1 saturated carbocycles. The summed E-state index contributed by atoms with van der Waals surface area (Å²) < 4.78 is 79.8. The fraction of sp³-hybridized carbons (Fsp3) is 0.684. The van der Waals surface area contributed by atoms with Crippen molar-refractivity contribution in [1.82, 2.24) is 10.2 Å². The molecule has 0 unspecified atom stereocenters. The van der Waals surface area contributed by atoms with E-state index in [0.29, 0.717) is 26.2 Å². The van der Waals surface area contributed by atoms with E-state index < -0.39 is 29.5 Å². The fourth-order valence-corrected chi connectivity index (χ4v) is 4.34. The van der Waals surface area contributed by atoms with Gasteiger partial charge in [-0.3, -0.25) is 4.90 Å². The number of alkyl halides is 6. The molecule has 1 aliphatic heterocycles. The first-order valence-electron chi connectivity index (χ1n) is 9.40. The van der Waals surface area contributed by atoms with Gasteiger partial charge in [-0.1, -0.05) is 19.3 Å². The number of benzene rings is 1. The van der Waals surface area contributed by atoms with Crippen LogP contribution in [0.1, 0.15) is 54.8 Å². The van der Waals surface area contributed by atoms with E-state index in [-0.39, 0.29) is 30.0 Å². The average Bonchev–Trinajstić information content (AvgIpc) is 2.62. The third kappa shape index (κ3) is 5.54. The molecule has 1 heterocycles. The molecule has 1 aliphatic carbocycles. The van der Waals surface area contributed by atoms with Gasteiger partial charge in [-0.2, -0.15) is 26.3 Å². The Labute approximate surface area is 167 Å². The molecule has 0 amide bonds. The summed E-state index contributed by atoms with van der Waals surface area (Å²) in [5, 5.41) is 3.19. The minimum absolute atomic E-state index is 0. The molecular formula is C19H25ClF6N2. The Balaban J connectivity index is 0.00000280. The number of nitrogens with zero attached hydrogens (tertiary/aromatic N) is 1. The highest BCUT2D eigenvalue weighted by molar-refractivity contribution is 5.85. The van der Waals surface area contributed by atoms with Crippen LogP contribution in [0.15, 0.2) is 18.2 Å². The second kappa shape index (κ2) is 9.22. The van der Waals surface area contributed by atoms with E-state index in [1.807, 2.05) is 0 Å². The number of nitrogens with one attached hydrogen (secondary N) is 1. The maximum atomic E-state index is 13.3. The molecule has 2 fully saturated rings. The maximum Gasteiger partial charge on any atom is 0.416 e. The monoisotopic (exact) mass is 430 g/mol. The van der Waals surface area contributed by atoms with Crippen LogP contribution in [0.25, 0.3) is 0 Å². The second-order valence-corrected chi connectivity index (χ2v) is 7.47. The minimum atomic E-state index is -4.81. The second-order valence-electron chi connectivity index (χ2n) is 7.47. The van der Waals surface area contributed by atoms with E-state index in [1.54, 1.807) is 0 Å². The smallest absolute Gasteiger partial charge is 0.314 e. The van der Waals surface area contributed by atoms with Crippen molar-refractivity contribution in [1.29, 1.82) is 0 Å². The average molecular weight is 431 g/mol. The molecule has 0 bridgehead atoms. The molecule has 2 nitrogen and oxygen atoms in total. The Hall–Kier alpha value is -0.990. The van der Waals surface area contributed by atoms with E-state index >= 15 is 0 Å². The van der Waals surface area contributed by atoms with Crippen LogP contribution in [-0.4, -0.2) is 31.1 Å². The summed E-state index contributed by atoms with van der Waals surface area (Å²) >= 11 is 0. The van der Waals surface area contributed by atoms with E-state index in [0.717, 1.165) is 44.2 Å². The number of rotatable bonds is 3. The van der Waals surface area contributed by atoms with Crippen molar-refractivity contribution in [3.8, 4) is 0 Å². The first-order chi connectivity index (χ1) is 12.7. The topological polar surface area (TPSA) is 15.3 Å². The molecule has 1 aromatic carbocycles. The minimum Gasteiger partial charge on any atom is -0.314 e. The van der Waals surface area contributed by atoms with Gasteiger partial charge in [0.2, 0.25) is 0 Å². The molecular weight excluding hydrogens is 406 g/mol. The van der Waals surface area contributed by atoms with Gasteiger partial charge in [0.1, 0.15) is 0 Å². The van der Waals surface area contributed by atoms with Crippen LogP contribution in [0.3, 0.4) is 0 Å². The summed E-state index contributed by atoms with van der Waals surface area (Å²) in [6.07, 6.45) is -4.93. The SMILES string of the molecule is Cl.FC(F)(F)c1cc([C@H](C2CCCCC2)N2CCNCC2)cc(C(F)(F)F)c1. The van der Waals surface area contributed by atoms with Gasteiger partial charge in [0, 0.05) is 32.2 Å². The van der Waals surface area contributed by atoms with Crippen LogP contribution in [0, 0.1) is 5.92 Å². The summed E-state index contributed by atoms with van der Waals surface area (Å²) in [5.41, 5.74) is -2.29. The fourth-order valence-electron chi connectivity index (χ4n) is 4.34. The van der Waals surface area contributed by atoms with Gasteiger partial charge in [0.15, 0.2) is 0 Å². The summed E-state index contributed by atoms with van der Waals surface area (Å²) in [6, 6.07) is 1.67. The Kier molecular flexibility index (Phi) is 7.67. The van der Waals surface area contributed by atoms with E-state index in [4.69, 9.17) is 0 Å². The maximum absolute atomic E-state index is 13.3. The summed E-state index contributed by atoms with van der Waals surface area (Å²) in [6.45, 7) is 2.63. The standard InChI is InChI=1S/C19H24F6N2.ClH/c20-18(21,22)15-10-14(11-16(12-15)19(23,24)25)17(13-4-2-1-3-5-13)27-8-6-26-7-9-27;/h10-13,17,26H,1-9H2;1H/t17-;/m0./s1. The molecule has 1 atom stereocenters. The highest BCUT2D eigenvalue weighted by atomic mass is 35.5. The zero-order valence-electron chi connectivity index (χ0n) is 15.4. The lowest BCUT2D eigenvalue weighted by molar-refractivity contribution is -0.143. The zero-order valence-corrected chi connectivity index (χ0v) is 16.2. The summed E-state index contributed by atoms with van der Waals surface area (Å²) in [5.74, 6) is 0.0846. The predicted molar refractivity (Wildman–Crippen MR) is 97.5 cm³/mol. The van der Waals surface area contributed by atoms with Crippen LogP contribution >= 0.6 is 12.4 Å². The van der Waals surface area contributed by atoms with Crippen molar-refractivity contribution in [2.75, 3.05) is 26.2 Å². The molecule has 0 spiro atoms. The molecule has 0 radical (unpaired) electrons. The van der Waals surface area contributed by atoms with Crippen LogP contribution in [-0.2, 0) is 12.4 Å². The van der Waals surface area contributed by atoms with Crippen molar-refractivity contribution in [2.45, 2.75) is 50.5 Å². The van der Waals surface area contributed by atoms with Gasteiger partial charge in [-0.25, -0.2) is 0 Å². The number of hydrogen-bond acceptors (Lipinski definition) is 2. The molecule has 9 heteroatoms. The highest BCUT2D eigenvalue weighted by Crippen LogP contribution is 2.43. The summed E-state index contributed by atoms with van der Waals surface area (Å²) in [7, 11) is 0. The lowest BCUT2D eigenvalue weighted by atomic mass is 9.79. The van der Waals surface area contributed by atoms with Crippen molar-refractivity contribution < 1.29 is 26.3 Å². The number of hydrogen-bond donors (Lipinski definition) is 1. The van der Waals surface area contributed by atoms with Crippen molar-refractivity contribution in [3.05, 3.63) is 34.9 Å². The zero-order chi connectivity index (χ0) is 19.7. The van der Waals surface area contributed by atoms with Gasteiger partial charge in [0.25, 0.3) is 0 Å². The molecule has 2 aliphatic rings. The van der Waals surface area contributed by atoms with E-state index in [1.165, 1.54) is 0 Å². The molecule has 1 N–H and O–H groups in total. The molecule has 0 aromatic heterocycles. The predicted octanol–water partition coefficient (Wildman–Crippen LogP) is 5.67. The Morgan fingerprint density at radius 2 is 1.32 bits per heavy atom. The van der Waals surface area contributed by atoms with Gasteiger partial charge in [-0.15, -0.1) is 12.4 Å². The number of halogens is 7. The lowest BCUT2D eigenvalue weighted by Crippen LogP contribution is -2.47. The molecule has 3 rings (SSSR count). The summed E-state index contributed by atoms with van der Waals surface area (Å²) in [4.78, 5) is 2.06. The van der Waals surface area contributed by atoms with Crippen molar-refractivity contribution >= 4 is 12.4 Å². The van der Waals surface area contributed by atoms with E-state index in [2.05, 4.69) is 10.2 Å². The molecule has 160 valence electrons. The van der Waals surface area contributed by atoms with Crippen LogP contribution < -0.4 is 5.32 Å². The number of piperazine rings is 1. The lowest BCUT2D eigenvalue weighted by Gasteiger charge is -2.41. The third-order valence-electron chi connectivity index (χ3n) is 5.59. The Bertz CT molecular complexity index is 584. The third-order valence-corrected chi connectivity index (χ3v) is 5.59. The first kappa shape index (κ1) is 23.3. The molecule has 28 heavy (non-hydrogen) atoms. The molecule has 1 aromatic rings. The van der Waals surface area contributed by atoms with Gasteiger partial charge < -0.3 is 5.32 Å². The van der Waals surface area contributed by atoms with Gasteiger partial charge >= 0.3 is 12.4 Å². The van der Waals surface area contributed by atoms with Crippen LogP contribution in [0.4, 0.5) is 26.3 Å². The first-order valence-corrected chi connectivity index (χ1v) is 9.40. The van der Waals surface area contributed by atoms with Crippen LogP contribution in [0.5, 0.6) is 0 Å². The van der Waals surface area contributed by atoms with E-state index in [9.17, 15) is 26.3 Å². The Morgan fingerprint density at radius 1 is 0.821 bits per heavy atom. The largest absolute Gasteiger partial charge is 0.416 e. The quantitative estimate of drug-likeness (QED) is 0.621. The van der Waals surface area contributed by atoms with Crippen LogP contribution in [0.2, 0.25) is 0 Å². The van der Waals surface area contributed by atoms with Crippen molar-refractivity contribution in [3.63, 3.8) is 0 Å². The van der Waals surface area contributed by atoms with Gasteiger partial charge in [-0.05, 0) is 42.5 Å². The highest BCUT2D eigenvalue weighted by Gasteiger charge is 2.39. The van der Waals surface area contributed by atoms with Gasteiger partial charge in [0.05, 0.1) is 11.1 Å². The normalized spacial score (nSPS) is 21.2. The Morgan fingerprint density at radius 3 is 1.79 bits per heavy atom. The molecule has 1 saturated heterocycles.